The number of benzene rings is 1. The first-order chi connectivity index (χ1) is 5.25. The molecule has 0 heterocycles. The molecule has 68 valence electrons. The second-order valence-corrected chi connectivity index (χ2v) is 2.72. The summed E-state index contributed by atoms with van der Waals surface area (Å²) in [6.45, 7) is -0.0796. The lowest BCUT2D eigenvalue weighted by Gasteiger charge is -2.09. The molecule has 3 N–H and O–H groups in total. The number of aliphatic hydroxyl groups excluding tert-OH is 1. The van der Waals surface area contributed by atoms with Crippen LogP contribution in [0.3, 0.4) is 0 Å². The summed E-state index contributed by atoms with van der Waals surface area (Å²) in [6, 6.07) is 6.87. The maximum atomic E-state index is 8.73. The third-order valence-electron chi connectivity index (χ3n) is 1.50. The zero-order valence-corrected chi connectivity index (χ0v) is 7.98. The van der Waals surface area contributed by atoms with Gasteiger partial charge in [0.2, 0.25) is 0 Å². The molecule has 0 aliphatic heterocycles. The molecule has 12 heavy (non-hydrogen) atoms. The molecule has 0 saturated carbocycles. The zero-order valence-electron chi connectivity index (χ0n) is 6.40. The van der Waals surface area contributed by atoms with Gasteiger partial charge in [-0.05, 0) is 11.6 Å². The Morgan fingerprint density at radius 3 is 2.50 bits per heavy atom. The molecule has 1 unspecified atom stereocenters. The number of aliphatic hydroxyl groups is 1. The second kappa shape index (κ2) is 5.38. The Balaban J connectivity index is 0.00000121. The summed E-state index contributed by atoms with van der Waals surface area (Å²) in [4.78, 5) is 0. The van der Waals surface area contributed by atoms with Gasteiger partial charge in [-0.3, -0.25) is 0 Å². The van der Waals surface area contributed by atoms with Crippen molar-refractivity contribution in [2.75, 3.05) is 6.61 Å². The van der Waals surface area contributed by atoms with Gasteiger partial charge in [0, 0.05) is 5.02 Å². The summed E-state index contributed by atoms with van der Waals surface area (Å²) < 4.78 is 0. The summed E-state index contributed by atoms with van der Waals surface area (Å²) in [5.74, 6) is 0. The molecule has 1 aromatic carbocycles. The van der Waals surface area contributed by atoms with Crippen LogP contribution in [0.5, 0.6) is 0 Å². The van der Waals surface area contributed by atoms with E-state index in [-0.39, 0.29) is 25.1 Å². The fraction of sp³-hybridized carbons (Fsp3) is 0.250. The first-order valence-corrected chi connectivity index (χ1v) is 3.74. The molecule has 1 rings (SSSR count). The summed E-state index contributed by atoms with van der Waals surface area (Å²) in [6.07, 6.45) is 0. The van der Waals surface area contributed by atoms with E-state index < -0.39 is 0 Å². The Morgan fingerprint density at radius 2 is 2.00 bits per heavy atom. The highest BCUT2D eigenvalue weighted by molar-refractivity contribution is 6.31. The Morgan fingerprint density at radius 1 is 1.42 bits per heavy atom. The van der Waals surface area contributed by atoms with E-state index in [4.69, 9.17) is 22.4 Å². The van der Waals surface area contributed by atoms with E-state index in [1.54, 1.807) is 6.07 Å². The number of hydrogen-bond donors (Lipinski definition) is 2. The molecule has 1 aromatic rings. The van der Waals surface area contributed by atoms with Crippen LogP contribution in [0.15, 0.2) is 24.3 Å². The van der Waals surface area contributed by atoms with Crippen molar-refractivity contribution in [3.63, 3.8) is 0 Å². The molecule has 1 atom stereocenters. The largest absolute Gasteiger partial charge is 0.394 e. The predicted octanol–water partition coefficient (Wildman–Crippen LogP) is 1.75. The lowest BCUT2D eigenvalue weighted by molar-refractivity contribution is 0.268. The van der Waals surface area contributed by atoms with Crippen LogP contribution >= 0.6 is 24.0 Å². The highest BCUT2D eigenvalue weighted by Gasteiger charge is 2.06. The molecular weight excluding hydrogens is 197 g/mol. The van der Waals surface area contributed by atoms with E-state index in [1.165, 1.54) is 0 Å². The minimum atomic E-state index is -0.372. The SMILES string of the molecule is Cl.NC(CO)c1ccccc1Cl. The molecular formula is C8H11Cl2NO. The minimum Gasteiger partial charge on any atom is -0.394 e. The summed E-state index contributed by atoms with van der Waals surface area (Å²) in [5.41, 5.74) is 6.35. The molecule has 0 spiro atoms. The van der Waals surface area contributed by atoms with Crippen LogP contribution in [0.2, 0.25) is 5.02 Å². The Kier molecular flexibility index (Phi) is 5.25. The van der Waals surface area contributed by atoms with Crippen molar-refractivity contribution in [2.45, 2.75) is 6.04 Å². The molecule has 2 nitrogen and oxygen atoms in total. The molecule has 0 saturated heterocycles. The van der Waals surface area contributed by atoms with Gasteiger partial charge >= 0.3 is 0 Å². The van der Waals surface area contributed by atoms with Gasteiger partial charge in [0.15, 0.2) is 0 Å². The number of halogens is 2. The smallest absolute Gasteiger partial charge is 0.0624 e. The van der Waals surface area contributed by atoms with Gasteiger partial charge in [-0.25, -0.2) is 0 Å². The second-order valence-electron chi connectivity index (χ2n) is 2.31. The number of nitrogens with two attached hydrogens (primary N) is 1. The summed E-state index contributed by atoms with van der Waals surface area (Å²) in [7, 11) is 0. The van der Waals surface area contributed by atoms with Gasteiger partial charge in [0.1, 0.15) is 0 Å². The quantitative estimate of drug-likeness (QED) is 0.777. The van der Waals surface area contributed by atoms with E-state index in [1.807, 2.05) is 18.2 Å². The molecule has 0 bridgehead atoms. The van der Waals surface area contributed by atoms with E-state index >= 15 is 0 Å². The van der Waals surface area contributed by atoms with Crippen molar-refractivity contribution in [1.29, 1.82) is 0 Å². The molecule has 0 radical (unpaired) electrons. The fourth-order valence-corrected chi connectivity index (χ4v) is 1.15. The van der Waals surface area contributed by atoms with Crippen molar-refractivity contribution in [3.05, 3.63) is 34.9 Å². The number of hydrogen-bond acceptors (Lipinski definition) is 2. The van der Waals surface area contributed by atoms with Gasteiger partial charge in [-0.15, -0.1) is 12.4 Å². The molecule has 0 fully saturated rings. The van der Waals surface area contributed by atoms with Gasteiger partial charge < -0.3 is 10.8 Å². The van der Waals surface area contributed by atoms with Crippen LogP contribution in [0.25, 0.3) is 0 Å². The van der Waals surface area contributed by atoms with Crippen LogP contribution < -0.4 is 5.73 Å². The molecule has 0 aliphatic rings. The minimum absolute atomic E-state index is 0. The maximum absolute atomic E-state index is 8.73. The predicted molar refractivity (Wildman–Crippen MR) is 52.7 cm³/mol. The highest BCUT2D eigenvalue weighted by atomic mass is 35.5. The monoisotopic (exact) mass is 207 g/mol. The van der Waals surface area contributed by atoms with E-state index in [2.05, 4.69) is 0 Å². The van der Waals surface area contributed by atoms with Crippen molar-refractivity contribution >= 4 is 24.0 Å². The summed E-state index contributed by atoms with van der Waals surface area (Å²) in [5, 5.41) is 9.33. The van der Waals surface area contributed by atoms with E-state index in [0.717, 1.165) is 5.56 Å². The Hall–Kier alpha value is -0.280. The van der Waals surface area contributed by atoms with Gasteiger partial charge in [-0.1, -0.05) is 29.8 Å². The molecule has 0 aromatic heterocycles. The van der Waals surface area contributed by atoms with Gasteiger partial charge in [-0.2, -0.15) is 0 Å². The Bertz CT molecular complexity index is 242. The highest BCUT2D eigenvalue weighted by Crippen LogP contribution is 2.19. The maximum Gasteiger partial charge on any atom is 0.0624 e. The third kappa shape index (κ3) is 2.64. The van der Waals surface area contributed by atoms with Crippen molar-refractivity contribution in [1.82, 2.24) is 0 Å². The first-order valence-electron chi connectivity index (χ1n) is 3.36. The molecule has 4 heteroatoms. The van der Waals surface area contributed by atoms with Gasteiger partial charge in [0.05, 0.1) is 12.6 Å². The Labute approximate surface area is 82.8 Å². The number of rotatable bonds is 2. The van der Waals surface area contributed by atoms with E-state index in [9.17, 15) is 0 Å². The standard InChI is InChI=1S/C8H10ClNO.ClH/c9-7-4-2-1-3-6(7)8(10)5-11;/h1-4,8,11H,5,10H2;1H. The normalized spacial score (nSPS) is 11.9. The zero-order chi connectivity index (χ0) is 8.27. The average molecular weight is 208 g/mol. The molecule has 0 aliphatic carbocycles. The van der Waals surface area contributed by atoms with Crippen LogP contribution in [0.1, 0.15) is 11.6 Å². The van der Waals surface area contributed by atoms with Gasteiger partial charge in [0.25, 0.3) is 0 Å². The third-order valence-corrected chi connectivity index (χ3v) is 1.85. The molecule has 0 amide bonds. The van der Waals surface area contributed by atoms with Crippen LogP contribution in [-0.4, -0.2) is 11.7 Å². The average Bonchev–Trinajstić information content (AvgIpc) is 2.04. The fourth-order valence-electron chi connectivity index (χ4n) is 0.874. The topological polar surface area (TPSA) is 46.2 Å². The van der Waals surface area contributed by atoms with Crippen LogP contribution in [0, 0.1) is 0 Å². The van der Waals surface area contributed by atoms with E-state index in [0.29, 0.717) is 5.02 Å². The van der Waals surface area contributed by atoms with Crippen LogP contribution in [-0.2, 0) is 0 Å². The van der Waals surface area contributed by atoms with Crippen LogP contribution in [0.4, 0.5) is 0 Å². The first kappa shape index (κ1) is 11.7. The van der Waals surface area contributed by atoms with Crippen molar-refractivity contribution < 1.29 is 5.11 Å². The lowest BCUT2D eigenvalue weighted by atomic mass is 10.1. The lowest BCUT2D eigenvalue weighted by Crippen LogP contribution is -2.14. The van der Waals surface area contributed by atoms with Crippen molar-refractivity contribution in [2.24, 2.45) is 5.73 Å². The summed E-state index contributed by atoms with van der Waals surface area (Å²) >= 11 is 5.81. The van der Waals surface area contributed by atoms with Crippen molar-refractivity contribution in [3.8, 4) is 0 Å².